The molecule has 6 nitrogen and oxygen atoms in total. The highest BCUT2D eigenvalue weighted by Crippen LogP contribution is 2.34. The Balaban J connectivity index is 2.13. The normalized spacial score (nSPS) is 20.4. The summed E-state index contributed by atoms with van der Waals surface area (Å²) in [6.45, 7) is 0.228. The highest BCUT2D eigenvalue weighted by Gasteiger charge is 2.35. The van der Waals surface area contributed by atoms with Crippen LogP contribution in [0, 0.1) is 0 Å². The van der Waals surface area contributed by atoms with Crippen LogP contribution in [0.2, 0.25) is 0 Å². The van der Waals surface area contributed by atoms with Crippen LogP contribution < -0.4 is 4.74 Å². The number of thioether (sulfide) groups is 1. The number of aliphatic hydroxyl groups is 1. The highest BCUT2D eigenvalue weighted by molar-refractivity contribution is 7.99. The average Bonchev–Trinajstić information content (AvgIpc) is 2.99. The molecule has 22 heavy (non-hydrogen) atoms. The van der Waals surface area contributed by atoms with Gasteiger partial charge in [0.1, 0.15) is 10.6 Å². The second kappa shape index (κ2) is 6.11. The van der Waals surface area contributed by atoms with Gasteiger partial charge in [0, 0.05) is 24.2 Å². The zero-order valence-corrected chi connectivity index (χ0v) is 13.8. The molecule has 2 N–H and O–H groups in total. The Kier molecular flexibility index (Phi) is 4.35. The Bertz CT molecular complexity index is 772. The van der Waals surface area contributed by atoms with E-state index in [1.54, 1.807) is 17.8 Å². The maximum atomic E-state index is 13.0. The van der Waals surface area contributed by atoms with Crippen LogP contribution in [0.25, 0.3) is 10.9 Å². The van der Waals surface area contributed by atoms with E-state index < -0.39 is 10.0 Å². The average molecular weight is 342 g/mol. The molecule has 1 aliphatic heterocycles. The molecule has 0 amide bonds. The van der Waals surface area contributed by atoms with E-state index in [4.69, 9.17) is 4.74 Å². The SMILES string of the molecule is COc1cccc2[nH]cc(S(=O)(=O)N3CCSCC3CO)c12. The summed E-state index contributed by atoms with van der Waals surface area (Å²) in [6.07, 6.45) is 1.50. The molecule has 2 heterocycles. The Morgan fingerprint density at radius 3 is 3.05 bits per heavy atom. The topological polar surface area (TPSA) is 82.6 Å². The fourth-order valence-electron chi connectivity index (χ4n) is 2.72. The summed E-state index contributed by atoms with van der Waals surface area (Å²) >= 11 is 1.66. The summed E-state index contributed by atoms with van der Waals surface area (Å²) in [4.78, 5) is 3.19. The fourth-order valence-corrected chi connectivity index (χ4v) is 5.77. The van der Waals surface area contributed by atoms with E-state index in [0.717, 1.165) is 5.75 Å². The molecule has 1 saturated heterocycles. The minimum absolute atomic E-state index is 0.175. The van der Waals surface area contributed by atoms with Crippen LogP contribution >= 0.6 is 11.8 Å². The van der Waals surface area contributed by atoms with Gasteiger partial charge in [0.25, 0.3) is 0 Å². The molecule has 0 spiro atoms. The molecule has 1 aliphatic rings. The summed E-state index contributed by atoms with van der Waals surface area (Å²) in [5, 5.41) is 10.0. The van der Waals surface area contributed by atoms with Crippen LogP contribution in [0.3, 0.4) is 0 Å². The maximum Gasteiger partial charge on any atom is 0.245 e. The summed E-state index contributed by atoms with van der Waals surface area (Å²) in [5.74, 6) is 1.86. The van der Waals surface area contributed by atoms with Crippen molar-refractivity contribution in [3.8, 4) is 5.75 Å². The Labute approximate surface area is 133 Å². The first-order valence-corrected chi connectivity index (χ1v) is 9.53. The van der Waals surface area contributed by atoms with E-state index >= 15 is 0 Å². The molecule has 1 unspecified atom stereocenters. The van der Waals surface area contributed by atoms with Gasteiger partial charge < -0.3 is 14.8 Å². The van der Waals surface area contributed by atoms with Crippen LogP contribution in [-0.2, 0) is 10.0 Å². The lowest BCUT2D eigenvalue weighted by Gasteiger charge is -2.32. The summed E-state index contributed by atoms with van der Waals surface area (Å²) in [7, 11) is -2.17. The zero-order chi connectivity index (χ0) is 15.7. The van der Waals surface area contributed by atoms with E-state index in [2.05, 4.69) is 4.98 Å². The van der Waals surface area contributed by atoms with E-state index in [-0.39, 0.29) is 17.5 Å². The largest absolute Gasteiger partial charge is 0.496 e. The molecule has 0 aliphatic carbocycles. The van der Waals surface area contributed by atoms with Gasteiger partial charge in [-0.25, -0.2) is 8.42 Å². The summed E-state index contributed by atoms with van der Waals surface area (Å²) in [5.41, 5.74) is 0.713. The molecule has 0 radical (unpaired) electrons. The third-order valence-electron chi connectivity index (χ3n) is 3.82. The molecule has 1 aromatic heterocycles. The van der Waals surface area contributed by atoms with Crippen molar-refractivity contribution in [3.63, 3.8) is 0 Å². The molecular weight excluding hydrogens is 324 g/mol. The molecule has 2 aromatic rings. The minimum Gasteiger partial charge on any atom is -0.496 e. The van der Waals surface area contributed by atoms with Gasteiger partial charge in [-0.3, -0.25) is 0 Å². The number of ether oxygens (including phenoxy) is 1. The molecular formula is C14H18N2O4S2. The molecule has 1 fully saturated rings. The van der Waals surface area contributed by atoms with Crippen molar-refractivity contribution in [1.29, 1.82) is 0 Å². The number of nitrogens with one attached hydrogen (secondary N) is 1. The molecule has 8 heteroatoms. The third-order valence-corrected chi connectivity index (χ3v) is 6.89. The van der Waals surface area contributed by atoms with Crippen molar-refractivity contribution < 1.29 is 18.3 Å². The monoisotopic (exact) mass is 342 g/mol. The number of hydrogen-bond acceptors (Lipinski definition) is 5. The predicted octanol–water partition coefficient (Wildman–Crippen LogP) is 1.27. The maximum absolute atomic E-state index is 13.0. The van der Waals surface area contributed by atoms with Crippen molar-refractivity contribution in [1.82, 2.24) is 9.29 Å². The number of aliphatic hydroxyl groups excluding tert-OH is 1. The van der Waals surface area contributed by atoms with Gasteiger partial charge >= 0.3 is 0 Å². The van der Waals surface area contributed by atoms with Crippen molar-refractivity contribution in [2.75, 3.05) is 31.8 Å². The third kappa shape index (κ3) is 2.50. The second-order valence-corrected chi connectivity index (χ2v) is 8.07. The number of hydrogen-bond donors (Lipinski definition) is 2. The Morgan fingerprint density at radius 1 is 1.50 bits per heavy atom. The predicted molar refractivity (Wildman–Crippen MR) is 86.9 cm³/mol. The van der Waals surface area contributed by atoms with Gasteiger partial charge in [0.2, 0.25) is 10.0 Å². The van der Waals surface area contributed by atoms with Crippen molar-refractivity contribution in [2.24, 2.45) is 0 Å². The zero-order valence-electron chi connectivity index (χ0n) is 12.2. The van der Waals surface area contributed by atoms with Crippen LogP contribution in [0.4, 0.5) is 0 Å². The minimum atomic E-state index is -3.69. The number of rotatable bonds is 4. The fraction of sp³-hybridized carbons (Fsp3) is 0.429. The molecule has 1 aromatic carbocycles. The summed E-state index contributed by atoms with van der Waals surface area (Å²) < 4.78 is 32.8. The van der Waals surface area contributed by atoms with Gasteiger partial charge in [0.05, 0.1) is 30.7 Å². The van der Waals surface area contributed by atoms with Crippen LogP contribution in [0.15, 0.2) is 29.3 Å². The Hall–Kier alpha value is -1.22. The quantitative estimate of drug-likeness (QED) is 0.874. The smallest absolute Gasteiger partial charge is 0.245 e. The lowest BCUT2D eigenvalue weighted by Crippen LogP contribution is -2.47. The highest BCUT2D eigenvalue weighted by atomic mass is 32.2. The number of H-pyrrole nitrogens is 1. The number of benzene rings is 1. The van der Waals surface area contributed by atoms with Crippen molar-refractivity contribution in [3.05, 3.63) is 24.4 Å². The van der Waals surface area contributed by atoms with Gasteiger partial charge in [0.15, 0.2) is 0 Å². The second-order valence-electron chi connectivity index (χ2n) is 5.06. The first-order chi connectivity index (χ1) is 10.6. The number of nitrogens with zero attached hydrogens (tertiary/aromatic N) is 1. The van der Waals surface area contributed by atoms with Crippen molar-refractivity contribution in [2.45, 2.75) is 10.9 Å². The van der Waals surface area contributed by atoms with Gasteiger partial charge in [-0.05, 0) is 12.1 Å². The number of methoxy groups -OCH3 is 1. The van der Waals surface area contributed by atoms with E-state index in [1.165, 1.54) is 17.6 Å². The van der Waals surface area contributed by atoms with Crippen LogP contribution in [0.1, 0.15) is 0 Å². The Morgan fingerprint density at radius 2 is 2.32 bits per heavy atom. The molecule has 1 atom stereocenters. The number of aromatic nitrogens is 1. The van der Waals surface area contributed by atoms with Gasteiger partial charge in [-0.2, -0.15) is 16.1 Å². The number of sulfonamides is 1. The standard InChI is InChI=1S/C14H18N2O4S2/c1-20-12-4-2-3-11-14(12)13(7-15-11)22(18,19)16-5-6-21-9-10(16)8-17/h2-4,7,10,15,17H,5-6,8-9H2,1H3. The lowest BCUT2D eigenvalue weighted by molar-refractivity contribution is 0.202. The molecule has 0 saturated carbocycles. The molecule has 120 valence electrons. The first kappa shape index (κ1) is 15.7. The summed E-state index contributed by atoms with van der Waals surface area (Å²) in [6, 6.07) is 4.97. The van der Waals surface area contributed by atoms with Gasteiger partial charge in [-0.15, -0.1) is 0 Å². The van der Waals surface area contributed by atoms with Gasteiger partial charge in [-0.1, -0.05) is 6.07 Å². The molecule has 0 bridgehead atoms. The number of fused-ring (bicyclic) bond motifs is 1. The number of aromatic amines is 1. The molecule has 3 rings (SSSR count). The first-order valence-electron chi connectivity index (χ1n) is 6.94. The van der Waals surface area contributed by atoms with E-state index in [9.17, 15) is 13.5 Å². The van der Waals surface area contributed by atoms with Crippen LogP contribution in [0.5, 0.6) is 5.75 Å². The van der Waals surface area contributed by atoms with Crippen LogP contribution in [-0.4, -0.2) is 60.6 Å². The van der Waals surface area contributed by atoms with E-state index in [1.807, 2.05) is 12.1 Å². The van der Waals surface area contributed by atoms with E-state index in [0.29, 0.717) is 29.0 Å². The lowest BCUT2D eigenvalue weighted by atomic mass is 10.2. The van der Waals surface area contributed by atoms with Crippen molar-refractivity contribution >= 4 is 32.7 Å².